The number of nitrogens with zero attached hydrogens (tertiary/aromatic N) is 3. The van der Waals surface area contributed by atoms with Crippen molar-refractivity contribution < 1.29 is 50.3 Å². The van der Waals surface area contributed by atoms with Crippen LogP contribution in [0.3, 0.4) is 0 Å². The topological polar surface area (TPSA) is 133 Å². The van der Waals surface area contributed by atoms with E-state index in [-0.39, 0.29) is 33.4 Å². The van der Waals surface area contributed by atoms with Crippen molar-refractivity contribution in [3.05, 3.63) is 69.0 Å². The number of aromatic nitrogens is 2. The lowest BCUT2D eigenvalue weighted by atomic mass is 10.2. The van der Waals surface area contributed by atoms with Gasteiger partial charge in [-0.25, -0.2) is 24.5 Å². The maximum absolute atomic E-state index is 12.6. The average molecular weight is 627 g/mol. The summed E-state index contributed by atoms with van der Waals surface area (Å²) in [6.45, 7) is 3.35. The van der Waals surface area contributed by atoms with Gasteiger partial charge in [0.05, 0.1) is 16.7 Å². The second-order valence-electron chi connectivity index (χ2n) is 7.78. The lowest BCUT2D eigenvalue weighted by molar-refractivity contribution is -0.151. The number of carbonyl (C=O) groups excluding carboxylic acids is 4. The van der Waals surface area contributed by atoms with Crippen LogP contribution in [0.5, 0.6) is 0 Å². The zero-order valence-corrected chi connectivity index (χ0v) is 22.4. The maximum Gasteiger partial charge on any atom is 0.416 e. The van der Waals surface area contributed by atoms with Crippen molar-refractivity contribution in [3.8, 4) is 0 Å². The van der Waals surface area contributed by atoms with Crippen molar-refractivity contribution in [1.29, 1.82) is 0 Å². The Morgan fingerprint density at radius 3 is 1.66 bits per heavy atom. The average Bonchev–Trinajstić information content (AvgIpc) is 3.26. The van der Waals surface area contributed by atoms with Gasteiger partial charge in [0.15, 0.2) is 0 Å². The number of halogens is 8. The van der Waals surface area contributed by atoms with Crippen molar-refractivity contribution in [2.75, 3.05) is 10.6 Å². The lowest BCUT2D eigenvalue weighted by Gasteiger charge is -2.15. The van der Waals surface area contributed by atoms with Crippen LogP contribution in [0.2, 0.25) is 0 Å². The Kier molecular flexibility index (Phi) is 10.6. The van der Waals surface area contributed by atoms with Gasteiger partial charge in [0.1, 0.15) is 21.7 Å². The molecule has 17 heteroatoms. The molecule has 0 bridgehead atoms. The second kappa shape index (κ2) is 13.1. The van der Waals surface area contributed by atoms with E-state index >= 15 is 0 Å². The van der Waals surface area contributed by atoms with Crippen LogP contribution in [0.4, 0.5) is 38.0 Å². The third-order valence-electron chi connectivity index (χ3n) is 5.11. The molecular formula is C24H18Cl2F6N4O5. The molecule has 0 unspecified atom stereocenters. The van der Waals surface area contributed by atoms with E-state index < -0.39 is 53.1 Å². The van der Waals surface area contributed by atoms with Crippen LogP contribution in [0, 0.1) is 0 Å². The molecule has 4 heterocycles. The number of ether oxygens (including phenoxy) is 1. The number of nitrogen functional groups attached to an aromatic ring is 1. The number of carbonyl (C=O) groups is 4. The molecular weight excluding hydrogens is 609 g/mol. The highest BCUT2D eigenvalue weighted by Crippen LogP contribution is 2.34. The van der Waals surface area contributed by atoms with Crippen molar-refractivity contribution >= 4 is 58.6 Å². The molecule has 4 rings (SSSR count). The fourth-order valence-electron chi connectivity index (χ4n) is 3.11. The summed E-state index contributed by atoms with van der Waals surface area (Å²) in [4.78, 5) is 52.6. The monoisotopic (exact) mass is 626 g/mol. The molecule has 9 nitrogen and oxygen atoms in total. The first kappa shape index (κ1) is 33.2. The molecule has 2 aromatic rings. The molecule has 2 aliphatic rings. The van der Waals surface area contributed by atoms with Crippen LogP contribution in [-0.4, -0.2) is 33.7 Å². The van der Waals surface area contributed by atoms with E-state index in [1.165, 1.54) is 0 Å². The summed E-state index contributed by atoms with van der Waals surface area (Å²) < 4.78 is 77.7. The highest BCUT2D eigenvalue weighted by atomic mass is 35.5. The molecule has 2 aromatic heterocycles. The number of nitrogens with two attached hydrogens (primary N) is 1. The number of anilines is 2. The van der Waals surface area contributed by atoms with Gasteiger partial charge in [-0.1, -0.05) is 37.0 Å². The van der Waals surface area contributed by atoms with Crippen LogP contribution >= 0.6 is 23.2 Å². The quantitative estimate of drug-likeness (QED) is 0.203. The van der Waals surface area contributed by atoms with Gasteiger partial charge >= 0.3 is 24.3 Å². The van der Waals surface area contributed by atoms with E-state index in [2.05, 4.69) is 14.7 Å². The molecule has 0 spiro atoms. The molecule has 2 amide bonds. The number of imide groups is 1. The Morgan fingerprint density at radius 1 is 0.780 bits per heavy atom. The third-order valence-corrected chi connectivity index (χ3v) is 5.88. The normalized spacial score (nSPS) is 15.5. The Bertz CT molecular complexity index is 1440. The van der Waals surface area contributed by atoms with E-state index in [1.807, 2.05) is 0 Å². The molecule has 0 saturated carbocycles. The molecule has 0 radical (unpaired) electrons. The number of esters is 2. The minimum atomic E-state index is -4.59. The Labute approximate surface area is 237 Å². The molecule has 0 atom stereocenters. The van der Waals surface area contributed by atoms with Gasteiger partial charge in [0.2, 0.25) is 0 Å². The summed E-state index contributed by atoms with van der Waals surface area (Å²) in [7, 11) is 0. The number of rotatable bonds is 3. The first-order valence-corrected chi connectivity index (χ1v) is 11.9. The summed E-state index contributed by atoms with van der Waals surface area (Å²) in [6, 6.07) is 3.05. The van der Waals surface area contributed by atoms with Crippen LogP contribution in [0.1, 0.15) is 37.8 Å². The molecule has 0 saturated heterocycles. The number of alkyl halides is 6. The van der Waals surface area contributed by atoms with E-state index in [4.69, 9.17) is 28.9 Å². The summed E-state index contributed by atoms with van der Waals surface area (Å²) in [5.74, 6) is -3.47. The number of hydrogen-bond acceptors (Lipinski definition) is 8. The fraction of sp³-hybridized carbons (Fsp3) is 0.250. The highest BCUT2D eigenvalue weighted by molar-refractivity contribution is 6.52. The fourth-order valence-corrected chi connectivity index (χ4v) is 3.66. The van der Waals surface area contributed by atoms with Gasteiger partial charge in [0, 0.05) is 18.0 Å². The zero-order valence-electron chi connectivity index (χ0n) is 20.9. The smallest absolute Gasteiger partial charge is 0.385 e. The minimum Gasteiger partial charge on any atom is -0.385 e. The molecule has 220 valence electrons. The van der Waals surface area contributed by atoms with Crippen LogP contribution < -0.4 is 10.6 Å². The van der Waals surface area contributed by atoms with Crippen LogP contribution in [0.25, 0.3) is 0 Å². The predicted molar refractivity (Wildman–Crippen MR) is 133 cm³/mol. The summed E-state index contributed by atoms with van der Waals surface area (Å²) in [5.41, 5.74) is 3.61. The van der Waals surface area contributed by atoms with Gasteiger partial charge in [-0.2, -0.15) is 26.3 Å². The summed E-state index contributed by atoms with van der Waals surface area (Å²) in [6.07, 6.45) is -6.37. The Hall–Kier alpha value is -3.98. The maximum atomic E-state index is 12.6. The van der Waals surface area contributed by atoms with E-state index in [1.54, 1.807) is 13.8 Å². The number of hydrogen-bond donors (Lipinski definition) is 1. The zero-order chi connectivity index (χ0) is 31.3. The number of cyclic esters (lactones) is 2. The summed E-state index contributed by atoms with van der Waals surface area (Å²) in [5, 5.41) is -0.357. The van der Waals surface area contributed by atoms with Crippen LogP contribution in [0.15, 0.2) is 57.9 Å². The van der Waals surface area contributed by atoms with Gasteiger partial charge in [0.25, 0.3) is 11.8 Å². The third kappa shape index (κ3) is 8.04. The predicted octanol–water partition coefficient (Wildman–Crippen LogP) is 5.53. The number of pyridine rings is 2. The molecule has 41 heavy (non-hydrogen) atoms. The molecule has 0 fully saturated rings. The Balaban J connectivity index is 0.000000236. The second-order valence-corrected chi connectivity index (χ2v) is 8.54. The summed E-state index contributed by atoms with van der Waals surface area (Å²) >= 11 is 11.1. The van der Waals surface area contributed by atoms with Crippen molar-refractivity contribution in [3.63, 3.8) is 0 Å². The van der Waals surface area contributed by atoms with Crippen molar-refractivity contribution in [2.45, 2.75) is 39.0 Å². The van der Waals surface area contributed by atoms with E-state index in [0.29, 0.717) is 17.4 Å². The van der Waals surface area contributed by atoms with Gasteiger partial charge < -0.3 is 10.5 Å². The minimum absolute atomic E-state index is 0.0656. The lowest BCUT2D eigenvalue weighted by Crippen LogP contribution is -2.32. The number of amides is 2. The van der Waals surface area contributed by atoms with Crippen molar-refractivity contribution in [1.82, 2.24) is 9.97 Å². The van der Waals surface area contributed by atoms with E-state index in [9.17, 15) is 45.5 Å². The largest absolute Gasteiger partial charge is 0.416 e. The molecule has 2 aliphatic heterocycles. The SMILES string of the molecule is CCC1=C(Cl)C(=O)N(c2cc(C(F)(F)F)ccn2)C1=O.CCC1=C(Cl)C(=O)OC1=O.Nc1cc(C(F)(F)F)ccn1. The Morgan fingerprint density at radius 2 is 1.29 bits per heavy atom. The first-order valence-electron chi connectivity index (χ1n) is 11.2. The van der Waals surface area contributed by atoms with Gasteiger partial charge in [-0.05, 0) is 37.1 Å². The molecule has 0 aliphatic carbocycles. The van der Waals surface area contributed by atoms with E-state index in [0.717, 1.165) is 30.6 Å². The molecule has 0 aromatic carbocycles. The highest BCUT2D eigenvalue weighted by Gasteiger charge is 2.40. The van der Waals surface area contributed by atoms with Crippen LogP contribution in [-0.2, 0) is 36.3 Å². The molecule has 2 N–H and O–H groups in total. The standard InChI is InChI=1S/C12H8ClF3N2O2.C6H5ClO3.C6H5F3N2/c1-2-7-9(13)11(20)18(10(7)19)8-5-6(3-4-17-8)12(14,15)16;1-2-3-4(7)6(9)10-5(3)8;7-6(8,9)4-1-2-11-5(10)3-4/h3-5H,2H2,1H3;2H2,1H3;1-3H,(H2,10,11). The van der Waals surface area contributed by atoms with Gasteiger partial charge in [-0.3, -0.25) is 9.59 Å². The first-order chi connectivity index (χ1) is 18.9. The van der Waals surface area contributed by atoms with Gasteiger partial charge in [-0.15, -0.1) is 0 Å². The van der Waals surface area contributed by atoms with Crippen molar-refractivity contribution in [2.24, 2.45) is 0 Å².